The van der Waals surface area contributed by atoms with Gasteiger partial charge in [0.1, 0.15) is 5.75 Å². The fourth-order valence-electron chi connectivity index (χ4n) is 2.77. The van der Waals surface area contributed by atoms with Crippen LogP contribution in [0.5, 0.6) is 5.75 Å². The molecule has 0 unspecified atom stereocenters. The Labute approximate surface area is 133 Å². The lowest BCUT2D eigenvalue weighted by atomic mass is 9.99. The summed E-state index contributed by atoms with van der Waals surface area (Å²) < 4.78 is 5.16. The molecule has 1 heterocycles. The number of methoxy groups -OCH3 is 1. The number of hydrogen-bond acceptors (Lipinski definition) is 3. The van der Waals surface area contributed by atoms with Crippen LogP contribution in [-0.2, 0) is 6.54 Å². The van der Waals surface area contributed by atoms with Crippen LogP contribution >= 0.6 is 11.6 Å². The molecule has 1 N–H and O–H groups in total. The van der Waals surface area contributed by atoms with Crippen LogP contribution in [0.15, 0.2) is 18.2 Å². The molecule has 0 aromatic heterocycles. The number of nitrogens with one attached hydrogen (secondary N) is 1. The molecular weight excluding hydrogens is 284 g/mol. The summed E-state index contributed by atoms with van der Waals surface area (Å²) in [5, 5.41) is 4.17. The number of likely N-dealkylation sites (tertiary alicyclic amines) is 1. The van der Waals surface area contributed by atoms with Gasteiger partial charge in [-0.2, -0.15) is 0 Å². The maximum Gasteiger partial charge on any atom is 0.137 e. The molecule has 1 fully saturated rings. The normalized spacial score (nSPS) is 17.1. The van der Waals surface area contributed by atoms with E-state index in [1.807, 2.05) is 12.1 Å². The highest BCUT2D eigenvalue weighted by Crippen LogP contribution is 2.24. The lowest BCUT2D eigenvalue weighted by molar-refractivity contribution is 0.190. The first kappa shape index (κ1) is 16.6. The molecule has 0 radical (unpaired) electrons. The third-order valence-corrected chi connectivity index (χ3v) is 4.54. The van der Waals surface area contributed by atoms with Crippen LogP contribution < -0.4 is 10.1 Å². The Hall–Kier alpha value is -0.770. The molecule has 0 saturated carbocycles. The van der Waals surface area contributed by atoms with Gasteiger partial charge in [0.15, 0.2) is 0 Å². The van der Waals surface area contributed by atoms with Crippen LogP contribution in [0.4, 0.5) is 0 Å². The maximum atomic E-state index is 6.12. The minimum absolute atomic E-state index is 0.680. The van der Waals surface area contributed by atoms with Crippen molar-refractivity contribution in [2.75, 3.05) is 33.3 Å². The summed E-state index contributed by atoms with van der Waals surface area (Å²) in [6.45, 7) is 8.03. The Bertz CT molecular complexity index is 431. The van der Waals surface area contributed by atoms with E-state index in [9.17, 15) is 0 Å². The Kier molecular flexibility index (Phi) is 6.81. The number of benzene rings is 1. The summed E-state index contributed by atoms with van der Waals surface area (Å²) in [5.41, 5.74) is 1.20. The number of halogens is 1. The molecule has 1 saturated heterocycles. The second kappa shape index (κ2) is 8.62. The molecule has 1 aliphatic heterocycles. The molecule has 21 heavy (non-hydrogen) atoms. The lowest BCUT2D eigenvalue weighted by Gasteiger charge is -2.30. The zero-order valence-corrected chi connectivity index (χ0v) is 14.0. The van der Waals surface area contributed by atoms with Crippen LogP contribution in [0.1, 0.15) is 31.7 Å². The van der Waals surface area contributed by atoms with Gasteiger partial charge in [0.2, 0.25) is 0 Å². The van der Waals surface area contributed by atoms with Crippen molar-refractivity contribution in [3.05, 3.63) is 28.8 Å². The zero-order valence-electron chi connectivity index (χ0n) is 13.2. The summed E-state index contributed by atoms with van der Waals surface area (Å²) in [6.07, 6.45) is 3.92. The molecule has 3 nitrogen and oxygen atoms in total. The van der Waals surface area contributed by atoms with Crippen LogP contribution in [0.25, 0.3) is 0 Å². The van der Waals surface area contributed by atoms with Gasteiger partial charge in [-0.25, -0.2) is 0 Å². The van der Waals surface area contributed by atoms with E-state index in [1.165, 1.54) is 44.5 Å². The maximum absolute atomic E-state index is 6.12. The van der Waals surface area contributed by atoms with Gasteiger partial charge in [-0.1, -0.05) is 24.6 Å². The number of hydrogen-bond donors (Lipinski definition) is 1. The van der Waals surface area contributed by atoms with E-state index >= 15 is 0 Å². The van der Waals surface area contributed by atoms with E-state index in [4.69, 9.17) is 16.3 Å². The average Bonchev–Trinajstić information content (AvgIpc) is 2.49. The van der Waals surface area contributed by atoms with E-state index in [1.54, 1.807) is 7.11 Å². The minimum Gasteiger partial charge on any atom is -0.495 e. The van der Waals surface area contributed by atoms with E-state index in [-0.39, 0.29) is 0 Å². The molecule has 0 spiro atoms. The highest BCUT2D eigenvalue weighted by molar-refractivity contribution is 6.32. The Morgan fingerprint density at radius 1 is 1.33 bits per heavy atom. The van der Waals surface area contributed by atoms with E-state index in [2.05, 4.69) is 23.2 Å². The lowest BCUT2D eigenvalue weighted by Crippen LogP contribution is -2.34. The van der Waals surface area contributed by atoms with Crippen LogP contribution in [-0.4, -0.2) is 38.2 Å². The second-order valence-electron chi connectivity index (χ2n) is 6.02. The van der Waals surface area contributed by atoms with Gasteiger partial charge in [0.05, 0.1) is 12.1 Å². The predicted molar refractivity (Wildman–Crippen MR) is 89.2 cm³/mol. The Morgan fingerprint density at radius 2 is 2.10 bits per heavy atom. The molecule has 0 bridgehead atoms. The van der Waals surface area contributed by atoms with Gasteiger partial charge in [-0.05, 0) is 69.1 Å². The average molecular weight is 311 g/mol. The van der Waals surface area contributed by atoms with Crippen molar-refractivity contribution < 1.29 is 4.74 Å². The first-order chi connectivity index (χ1) is 10.2. The fraction of sp³-hybridized carbons (Fsp3) is 0.647. The third-order valence-electron chi connectivity index (χ3n) is 4.25. The number of ether oxygens (including phenoxy) is 1. The first-order valence-electron chi connectivity index (χ1n) is 7.94. The molecule has 0 amide bonds. The quantitative estimate of drug-likeness (QED) is 0.779. The van der Waals surface area contributed by atoms with E-state index in [0.29, 0.717) is 5.02 Å². The summed E-state index contributed by atoms with van der Waals surface area (Å²) in [4.78, 5) is 2.59. The molecule has 118 valence electrons. The molecule has 1 aromatic carbocycles. The van der Waals surface area contributed by atoms with Crippen molar-refractivity contribution in [3.63, 3.8) is 0 Å². The monoisotopic (exact) mass is 310 g/mol. The van der Waals surface area contributed by atoms with Crippen molar-refractivity contribution in [2.45, 2.75) is 32.7 Å². The predicted octanol–water partition coefficient (Wildman–Crippen LogP) is 3.56. The highest BCUT2D eigenvalue weighted by Gasteiger charge is 2.14. The molecule has 1 aromatic rings. The fourth-order valence-corrected chi connectivity index (χ4v) is 3.05. The summed E-state index contributed by atoms with van der Waals surface area (Å²) in [7, 11) is 1.64. The summed E-state index contributed by atoms with van der Waals surface area (Å²) >= 11 is 6.12. The van der Waals surface area contributed by atoms with Crippen LogP contribution in [0.3, 0.4) is 0 Å². The molecular formula is C17H27ClN2O. The number of rotatable bonds is 7. The van der Waals surface area contributed by atoms with Gasteiger partial charge in [-0.3, -0.25) is 0 Å². The summed E-state index contributed by atoms with van der Waals surface area (Å²) in [6, 6.07) is 5.96. The molecule has 4 heteroatoms. The second-order valence-corrected chi connectivity index (χ2v) is 6.43. The van der Waals surface area contributed by atoms with Crippen molar-refractivity contribution >= 4 is 11.6 Å². The van der Waals surface area contributed by atoms with Crippen molar-refractivity contribution in [2.24, 2.45) is 5.92 Å². The Morgan fingerprint density at radius 3 is 2.76 bits per heavy atom. The number of piperidine rings is 1. The van der Waals surface area contributed by atoms with Crippen molar-refractivity contribution in [3.8, 4) is 5.75 Å². The molecule has 1 aliphatic rings. The molecule has 2 rings (SSSR count). The van der Waals surface area contributed by atoms with Gasteiger partial charge in [0.25, 0.3) is 0 Å². The first-order valence-corrected chi connectivity index (χ1v) is 8.32. The minimum atomic E-state index is 0.680. The molecule has 0 aliphatic carbocycles. The van der Waals surface area contributed by atoms with Crippen LogP contribution in [0.2, 0.25) is 5.02 Å². The van der Waals surface area contributed by atoms with E-state index in [0.717, 1.165) is 24.8 Å². The highest BCUT2D eigenvalue weighted by atomic mass is 35.5. The van der Waals surface area contributed by atoms with Crippen LogP contribution in [0, 0.1) is 5.92 Å². The zero-order chi connectivity index (χ0) is 15.1. The summed E-state index contributed by atoms with van der Waals surface area (Å²) in [5.74, 6) is 1.65. The smallest absolute Gasteiger partial charge is 0.137 e. The largest absolute Gasteiger partial charge is 0.495 e. The van der Waals surface area contributed by atoms with Gasteiger partial charge in [-0.15, -0.1) is 0 Å². The van der Waals surface area contributed by atoms with Crippen molar-refractivity contribution in [1.82, 2.24) is 10.2 Å². The van der Waals surface area contributed by atoms with E-state index < -0.39 is 0 Å². The van der Waals surface area contributed by atoms with Gasteiger partial charge in [0, 0.05) is 6.54 Å². The van der Waals surface area contributed by atoms with Crippen molar-refractivity contribution in [1.29, 1.82) is 0 Å². The standard InChI is InChI=1S/C17H27ClN2O/c1-14-6-10-20(11-7-14)9-3-8-19-13-15-4-5-17(21-2)16(18)12-15/h4-5,12,14,19H,3,6-11,13H2,1-2H3. The topological polar surface area (TPSA) is 24.5 Å². The number of nitrogens with zero attached hydrogens (tertiary/aromatic N) is 1. The van der Waals surface area contributed by atoms with Gasteiger partial charge < -0.3 is 15.0 Å². The molecule has 0 atom stereocenters. The third kappa shape index (κ3) is 5.50. The Balaban J connectivity index is 1.60. The van der Waals surface area contributed by atoms with Gasteiger partial charge >= 0.3 is 0 Å². The SMILES string of the molecule is COc1ccc(CNCCCN2CCC(C)CC2)cc1Cl.